The molecule has 0 bridgehead atoms. The van der Waals surface area contributed by atoms with E-state index in [-0.39, 0.29) is 0 Å². The van der Waals surface area contributed by atoms with Gasteiger partial charge in [-0.25, -0.2) is 0 Å². The molecule has 1 saturated heterocycles. The highest BCUT2D eigenvalue weighted by molar-refractivity contribution is 7.99. The van der Waals surface area contributed by atoms with Crippen LogP contribution in [0.2, 0.25) is 0 Å². The molecule has 0 radical (unpaired) electrons. The summed E-state index contributed by atoms with van der Waals surface area (Å²) < 4.78 is 6.01. The van der Waals surface area contributed by atoms with Crippen LogP contribution in [0.5, 0.6) is 5.75 Å². The molecule has 1 aromatic carbocycles. The van der Waals surface area contributed by atoms with E-state index in [0.29, 0.717) is 13.2 Å². The first kappa shape index (κ1) is 18.8. The molecular formula is C20H28N4O2S. The molecule has 2 aliphatic rings. The minimum absolute atomic E-state index is 0.340. The Morgan fingerprint density at radius 1 is 1.19 bits per heavy atom. The quantitative estimate of drug-likeness (QED) is 0.754. The molecule has 0 saturated carbocycles. The lowest BCUT2D eigenvalue weighted by Crippen LogP contribution is -2.40. The molecule has 2 aliphatic heterocycles. The maximum absolute atomic E-state index is 10.4. The van der Waals surface area contributed by atoms with Crippen molar-refractivity contribution in [1.82, 2.24) is 20.0 Å². The highest BCUT2D eigenvalue weighted by Gasteiger charge is 2.20. The Hall–Kier alpha value is -1.54. The number of benzene rings is 1. The summed E-state index contributed by atoms with van der Waals surface area (Å²) in [5, 5.41) is 17.6. The first-order valence-electron chi connectivity index (χ1n) is 9.70. The Morgan fingerprint density at radius 3 is 2.93 bits per heavy atom. The number of nitrogens with zero attached hydrogens (tertiary/aromatic N) is 3. The van der Waals surface area contributed by atoms with Crippen molar-refractivity contribution in [2.45, 2.75) is 25.6 Å². The smallest absolute Gasteiger partial charge is 0.123 e. The number of thioether (sulfide) groups is 1. The Morgan fingerprint density at radius 2 is 2.04 bits per heavy atom. The number of aromatic nitrogens is 2. The Kier molecular flexibility index (Phi) is 6.34. The lowest BCUT2D eigenvalue weighted by molar-refractivity contribution is 0.0707. The van der Waals surface area contributed by atoms with E-state index >= 15 is 0 Å². The SMILES string of the molecule is OC(COc1ccccc1CN1CCc2[nH]ncc2C1)CN1CCSCC1. The van der Waals surface area contributed by atoms with Gasteiger partial charge in [-0.1, -0.05) is 18.2 Å². The molecule has 1 aromatic heterocycles. The van der Waals surface area contributed by atoms with Gasteiger partial charge in [0, 0.05) is 74.0 Å². The van der Waals surface area contributed by atoms with Crippen molar-refractivity contribution < 1.29 is 9.84 Å². The van der Waals surface area contributed by atoms with Gasteiger partial charge in [-0.3, -0.25) is 14.9 Å². The number of aliphatic hydroxyl groups excluding tert-OH is 1. The number of hydrogen-bond donors (Lipinski definition) is 2. The fraction of sp³-hybridized carbons (Fsp3) is 0.550. The summed E-state index contributed by atoms with van der Waals surface area (Å²) in [6.07, 6.45) is 2.48. The number of H-pyrrole nitrogens is 1. The van der Waals surface area contributed by atoms with E-state index in [2.05, 4.69) is 32.1 Å². The third-order valence-electron chi connectivity index (χ3n) is 5.25. The molecule has 1 unspecified atom stereocenters. The number of fused-ring (bicyclic) bond motifs is 1. The molecule has 2 aromatic rings. The normalized spacial score (nSPS) is 19.6. The minimum atomic E-state index is -0.454. The van der Waals surface area contributed by atoms with Crippen LogP contribution >= 0.6 is 11.8 Å². The zero-order valence-corrected chi connectivity index (χ0v) is 16.5. The molecule has 3 heterocycles. The highest BCUT2D eigenvalue weighted by Crippen LogP contribution is 2.24. The van der Waals surface area contributed by atoms with Gasteiger partial charge >= 0.3 is 0 Å². The van der Waals surface area contributed by atoms with Crippen molar-refractivity contribution in [1.29, 1.82) is 0 Å². The monoisotopic (exact) mass is 388 g/mol. The molecule has 6 nitrogen and oxygen atoms in total. The van der Waals surface area contributed by atoms with Crippen molar-refractivity contribution in [2.75, 3.05) is 44.3 Å². The standard InChI is InChI=1S/C20H28N4O2S/c25-18(14-23-7-9-27-10-8-23)15-26-20-4-2-1-3-16(20)12-24-6-5-19-17(13-24)11-21-22-19/h1-4,11,18,25H,5-10,12-15H2,(H,21,22). The van der Waals surface area contributed by atoms with E-state index < -0.39 is 6.10 Å². The fourth-order valence-corrected chi connectivity index (χ4v) is 4.73. The van der Waals surface area contributed by atoms with Crippen molar-refractivity contribution in [3.8, 4) is 5.75 Å². The summed E-state index contributed by atoms with van der Waals surface area (Å²) in [5.41, 5.74) is 3.72. The lowest BCUT2D eigenvalue weighted by atomic mass is 10.1. The summed E-state index contributed by atoms with van der Waals surface area (Å²) in [6.45, 7) is 5.92. The van der Waals surface area contributed by atoms with Crippen LogP contribution in [0.15, 0.2) is 30.5 Å². The molecule has 1 atom stereocenters. The molecule has 0 aliphatic carbocycles. The first-order chi connectivity index (χ1) is 13.3. The fourth-order valence-electron chi connectivity index (χ4n) is 3.75. The topological polar surface area (TPSA) is 64.6 Å². The van der Waals surface area contributed by atoms with Gasteiger partial charge in [0.2, 0.25) is 0 Å². The number of nitrogens with one attached hydrogen (secondary N) is 1. The molecular weight excluding hydrogens is 360 g/mol. The average Bonchev–Trinajstić information content (AvgIpc) is 3.16. The summed E-state index contributed by atoms with van der Waals surface area (Å²) in [7, 11) is 0. The summed E-state index contributed by atoms with van der Waals surface area (Å²) in [5.74, 6) is 3.19. The van der Waals surface area contributed by atoms with Gasteiger partial charge in [-0.15, -0.1) is 0 Å². The van der Waals surface area contributed by atoms with Crippen LogP contribution < -0.4 is 4.74 Å². The van der Waals surface area contributed by atoms with E-state index in [0.717, 1.165) is 56.4 Å². The first-order valence-corrected chi connectivity index (χ1v) is 10.9. The largest absolute Gasteiger partial charge is 0.491 e. The lowest BCUT2D eigenvalue weighted by Gasteiger charge is -2.29. The molecule has 4 rings (SSSR count). The second-order valence-electron chi connectivity index (χ2n) is 7.32. The van der Waals surface area contributed by atoms with Gasteiger partial charge in [-0.05, 0) is 6.07 Å². The van der Waals surface area contributed by atoms with E-state index in [1.165, 1.54) is 16.8 Å². The van der Waals surface area contributed by atoms with Crippen molar-refractivity contribution in [2.24, 2.45) is 0 Å². The zero-order valence-electron chi connectivity index (χ0n) is 15.6. The maximum atomic E-state index is 10.4. The van der Waals surface area contributed by atoms with Gasteiger partial charge in [-0.2, -0.15) is 16.9 Å². The Balaban J connectivity index is 1.31. The van der Waals surface area contributed by atoms with Crippen molar-refractivity contribution >= 4 is 11.8 Å². The van der Waals surface area contributed by atoms with E-state index in [1.807, 2.05) is 30.1 Å². The number of ether oxygens (including phenoxy) is 1. The number of β-amino-alcohol motifs (C(OH)–C–C–N with tert-alkyl or cyclic N) is 1. The van der Waals surface area contributed by atoms with Gasteiger partial charge in [0.25, 0.3) is 0 Å². The summed E-state index contributed by atoms with van der Waals surface area (Å²) >= 11 is 1.99. The van der Waals surface area contributed by atoms with Crippen LogP contribution in [-0.2, 0) is 19.5 Å². The van der Waals surface area contributed by atoms with E-state index in [1.54, 1.807) is 0 Å². The predicted octanol–water partition coefficient (Wildman–Crippen LogP) is 1.76. The number of rotatable bonds is 7. The second kappa shape index (κ2) is 9.10. The van der Waals surface area contributed by atoms with Crippen LogP contribution in [0.3, 0.4) is 0 Å². The predicted molar refractivity (Wildman–Crippen MR) is 108 cm³/mol. The van der Waals surface area contributed by atoms with Crippen LogP contribution in [-0.4, -0.2) is 75.5 Å². The molecule has 2 N–H and O–H groups in total. The highest BCUT2D eigenvalue weighted by atomic mass is 32.2. The zero-order chi connectivity index (χ0) is 18.5. The average molecular weight is 389 g/mol. The molecule has 146 valence electrons. The van der Waals surface area contributed by atoms with Gasteiger partial charge in [0.1, 0.15) is 18.5 Å². The van der Waals surface area contributed by atoms with Crippen molar-refractivity contribution in [3.63, 3.8) is 0 Å². The molecule has 0 spiro atoms. The van der Waals surface area contributed by atoms with Crippen LogP contribution in [0, 0.1) is 0 Å². The van der Waals surface area contributed by atoms with Gasteiger partial charge in [0.15, 0.2) is 0 Å². The number of hydrogen-bond acceptors (Lipinski definition) is 6. The molecule has 1 fully saturated rings. The third-order valence-corrected chi connectivity index (χ3v) is 6.19. The minimum Gasteiger partial charge on any atom is -0.491 e. The Labute approximate surface area is 164 Å². The molecule has 7 heteroatoms. The van der Waals surface area contributed by atoms with E-state index in [9.17, 15) is 5.11 Å². The van der Waals surface area contributed by atoms with Gasteiger partial charge in [0.05, 0.1) is 6.20 Å². The third kappa shape index (κ3) is 5.04. The molecule has 0 amide bonds. The molecule has 27 heavy (non-hydrogen) atoms. The van der Waals surface area contributed by atoms with Crippen LogP contribution in [0.1, 0.15) is 16.8 Å². The van der Waals surface area contributed by atoms with Gasteiger partial charge < -0.3 is 9.84 Å². The second-order valence-corrected chi connectivity index (χ2v) is 8.54. The van der Waals surface area contributed by atoms with E-state index in [4.69, 9.17) is 4.74 Å². The van der Waals surface area contributed by atoms with Crippen LogP contribution in [0.4, 0.5) is 0 Å². The number of para-hydroxylation sites is 1. The number of aliphatic hydroxyl groups is 1. The summed E-state index contributed by atoms with van der Waals surface area (Å²) in [4.78, 5) is 4.74. The van der Waals surface area contributed by atoms with Crippen LogP contribution in [0.25, 0.3) is 0 Å². The maximum Gasteiger partial charge on any atom is 0.123 e. The van der Waals surface area contributed by atoms with Crippen molar-refractivity contribution in [3.05, 3.63) is 47.3 Å². The summed E-state index contributed by atoms with van der Waals surface area (Å²) in [6, 6.07) is 8.18. The number of aromatic amines is 1. The Bertz CT molecular complexity index is 732.